The van der Waals surface area contributed by atoms with Crippen molar-refractivity contribution in [3.8, 4) is 23.0 Å². The van der Waals surface area contributed by atoms with E-state index in [0.29, 0.717) is 0 Å². The summed E-state index contributed by atoms with van der Waals surface area (Å²) in [5, 5.41) is 29.5. The number of aromatic hydroxyl groups is 2. The summed E-state index contributed by atoms with van der Waals surface area (Å²) in [6.07, 6.45) is -1.02. The second kappa shape index (κ2) is 9.47. The van der Waals surface area contributed by atoms with Gasteiger partial charge >= 0.3 is 11.9 Å². The molecule has 0 aliphatic rings. The van der Waals surface area contributed by atoms with E-state index in [0.717, 1.165) is 0 Å². The molecule has 0 aromatic heterocycles. The number of aliphatic hydroxyl groups excluding tert-OH is 1. The van der Waals surface area contributed by atoms with Gasteiger partial charge in [-0.2, -0.15) is 0 Å². The van der Waals surface area contributed by atoms with Gasteiger partial charge in [-0.05, 0) is 24.3 Å². The van der Waals surface area contributed by atoms with Gasteiger partial charge in [-0.15, -0.1) is 0 Å². The number of hydrogen-bond donors (Lipinski definition) is 3. The number of carbonyl (C=O) groups excluding carboxylic acids is 2. The van der Waals surface area contributed by atoms with Crippen LogP contribution in [0.1, 0.15) is 20.7 Å². The average Bonchev–Trinajstić information content (AvgIpc) is 2.69. The molecule has 9 heteroatoms. The summed E-state index contributed by atoms with van der Waals surface area (Å²) < 4.78 is 19.7. The van der Waals surface area contributed by atoms with E-state index in [-0.39, 0.29) is 47.3 Å². The molecular weight excluding hydrogens is 372 g/mol. The summed E-state index contributed by atoms with van der Waals surface area (Å²) in [6, 6.07) is 8.02. The van der Waals surface area contributed by atoms with Crippen molar-refractivity contribution in [2.75, 3.05) is 27.4 Å². The highest BCUT2D eigenvalue weighted by Gasteiger charge is 2.15. The minimum atomic E-state index is -1.02. The minimum absolute atomic E-state index is 0.00561. The molecule has 2 aromatic carbocycles. The Kier molecular flexibility index (Phi) is 7.05. The fourth-order valence-corrected chi connectivity index (χ4v) is 2.20. The van der Waals surface area contributed by atoms with Crippen LogP contribution in [-0.2, 0) is 9.47 Å². The van der Waals surface area contributed by atoms with Crippen molar-refractivity contribution in [2.24, 2.45) is 0 Å². The molecule has 0 aliphatic heterocycles. The van der Waals surface area contributed by atoms with E-state index in [1.807, 2.05) is 0 Å². The Labute approximate surface area is 160 Å². The normalized spacial score (nSPS) is 10.4. The lowest BCUT2D eigenvalue weighted by Gasteiger charge is -2.14. The standard InChI is InChI=1S/C19H20O9/c1-25-18(23)14-5-3-12(7-16(14)21)27-9-11(20)10-28-13-4-6-15(17(22)8-13)19(24)26-2/h3-8,11,20-22H,9-10H2,1-2H3. The first-order valence-corrected chi connectivity index (χ1v) is 8.12. The molecule has 9 nitrogen and oxygen atoms in total. The van der Waals surface area contributed by atoms with E-state index >= 15 is 0 Å². The molecule has 0 spiro atoms. The predicted octanol–water partition coefficient (Wildman–Crippen LogP) is 1.49. The highest BCUT2D eigenvalue weighted by atomic mass is 16.5. The molecule has 0 radical (unpaired) electrons. The van der Waals surface area contributed by atoms with Gasteiger partial charge in [0.1, 0.15) is 53.4 Å². The first-order valence-electron chi connectivity index (χ1n) is 8.12. The summed E-state index contributed by atoms with van der Waals surface area (Å²) in [6.45, 7) is -0.299. The SMILES string of the molecule is COC(=O)c1ccc(OCC(O)COc2ccc(C(=O)OC)c(O)c2)cc1O. The van der Waals surface area contributed by atoms with Gasteiger partial charge in [-0.1, -0.05) is 0 Å². The van der Waals surface area contributed by atoms with Crippen LogP contribution < -0.4 is 9.47 Å². The van der Waals surface area contributed by atoms with Crippen molar-refractivity contribution in [2.45, 2.75) is 6.10 Å². The molecule has 2 rings (SSSR count). The summed E-state index contributed by atoms with van der Waals surface area (Å²) in [5.74, 6) is -1.50. The maximum atomic E-state index is 11.4. The second-order valence-corrected chi connectivity index (χ2v) is 5.62. The Morgan fingerprint density at radius 2 is 1.21 bits per heavy atom. The van der Waals surface area contributed by atoms with Crippen LogP contribution in [0.3, 0.4) is 0 Å². The number of hydrogen-bond acceptors (Lipinski definition) is 9. The van der Waals surface area contributed by atoms with Crippen LogP contribution in [0.2, 0.25) is 0 Å². The Hall–Kier alpha value is -3.46. The van der Waals surface area contributed by atoms with Gasteiger partial charge in [0.05, 0.1) is 14.2 Å². The smallest absolute Gasteiger partial charge is 0.341 e. The number of phenolic OH excluding ortho intramolecular Hbond substituents is 2. The quantitative estimate of drug-likeness (QED) is 0.572. The second-order valence-electron chi connectivity index (χ2n) is 5.62. The molecule has 0 bridgehead atoms. The van der Waals surface area contributed by atoms with Crippen LogP contribution in [-0.4, -0.2) is 60.8 Å². The van der Waals surface area contributed by atoms with Gasteiger partial charge in [0.25, 0.3) is 0 Å². The minimum Gasteiger partial charge on any atom is -0.507 e. The largest absolute Gasteiger partial charge is 0.507 e. The molecule has 0 amide bonds. The van der Waals surface area contributed by atoms with Gasteiger partial charge in [-0.3, -0.25) is 0 Å². The van der Waals surface area contributed by atoms with Crippen LogP contribution in [0.4, 0.5) is 0 Å². The zero-order valence-electron chi connectivity index (χ0n) is 15.2. The van der Waals surface area contributed by atoms with E-state index in [1.165, 1.54) is 50.6 Å². The molecule has 0 saturated heterocycles. The number of ether oxygens (including phenoxy) is 4. The Balaban J connectivity index is 1.87. The van der Waals surface area contributed by atoms with Crippen LogP contribution >= 0.6 is 0 Å². The number of carbonyl (C=O) groups is 2. The number of benzene rings is 2. The van der Waals surface area contributed by atoms with Crippen molar-refractivity contribution in [3.05, 3.63) is 47.5 Å². The third-order valence-electron chi connectivity index (χ3n) is 3.63. The van der Waals surface area contributed by atoms with Crippen molar-refractivity contribution in [1.29, 1.82) is 0 Å². The third-order valence-corrected chi connectivity index (χ3v) is 3.63. The Morgan fingerprint density at radius 3 is 1.54 bits per heavy atom. The first-order chi connectivity index (χ1) is 13.3. The molecule has 0 aliphatic carbocycles. The number of rotatable bonds is 8. The fourth-order valence-electron chi connectivity index (χ4n) is 2.20. The van der Waals surface area contributed by atoms with E-state index in [9.17, 15) is 24.9 Å². The molecule has 0 fully saturated rings. The number of aliphatic hydroxyl groups is 1. The van der Waals surface area contributed by atoms with Crippen molar-refractivity contribution in [1.82, 2.24) is 0 Å². The van der Waals surface area contributed by atoms with E-state index < -0.39 is 18.0 Å². The Bertz CT molecular complexity index is 778. The van der Waals surface area contributed by atoms with Gasteiger partial charge in [0, 0.05) is 12.1 Å². The molecule has 0 saturated carbocycles. The number of phenols is 2. The zero-order chi connectivity index (χ0) is 20.7. The fraction of sp³-hybridized carbons (Fsp3) is 0.263. The lowest BCUT2D eigenvalue weighted by atomic mass is 10.2. The van der Waals surface area contributed by atoms with Crippen molar-refractivity contribution in [3.63, 3.8) is 0 Å². The predicted molar refractivity (Wildman–Crippen MR) is 95.9 cm³/mol. The molecule has 2 aromatic rings. The average molecular weight is 392 g/mol. The van der Waals surface area contributed by atoms with Crippen LogP contribution in [0.25, 0.3) is 0 Å². The summed E-state index contributed by atoms with van der Waals surface area (Å²) in [7, 11) is 2.40. The first kappa shape index (κ1) is 20.8. The van der Waals surface area contributed by atoms with E-state index in [1.54, 1.807) is 0 Å². The maximum Gasteiger partial charge on any atom is 0.341 e. The lowest BCUT2D eigenvalue weighted by molar-refractivity contribution is 0.0588. The van der Waals surface area contributed by atoms with E-state index in [2.05, 4.69) is 9.47 Å². The molecule has 150 valence electrons. The molecule has 0 heterocycles. The van der Waals surface area contributed by atoms with E-state index in [4.69, 9.17) is 9.47 Å². The zero-order valence-corrected chi connectivity index (χ0v) is 15.2. The Morgan fingerprint density at radius 1 is 0.821 bits per heavy atom. The van der Waals surface area contributed by atoms with Crippen LogP contribution in [0.5, 0.6) is 23.0 Å². The van der Waals surface area contributed by atoms with Gasteiger partial charge in [0.2, 0.25) is 0 Å². The maximum absolute atomic E-state index is 11.4. The topological polar surface area (TPSA) is 132 Å². The van der Waals surface area contributed by atoms with Gasteiger partial charge < -0.3 is 34.3 Å². The molecular formula is C19H20O9. The van der Waals surface area contributed by atoms with Crippen molar-refractivity contribution >= 4 is 11.9 Å². The van der Waals surface area contributed by atoms with Crippen molar-refractivity contribution < 1.29 is 43.9 Å². The number of esters is 2. The lowest BCUT2D eigenvalue weighted by Crippen LogP contribution is -2.25. The van der Waals surface area contributed by atoms with Gasteiger partial charge in [0.15, 0.2) is 0 Å². The molecule has 0 atom stereocenters. The highest BCUT2D eigenvalue weighted by Crippen LogP contribution is 2.25. The highest BCUT2D eigenvalue weighted by molar-refractivity contribution is 5.93. The monoisotopic (exact) mass is 392 g/mol. The van der Waals surface area contributed by atoms with Crippen LogP contribution in [0.15, 0.2) is 36.4 Å². The number of methoxy groups -OCH3 is 2. The molecule has 28 heavy (non-hydrogen) atoms. The van der Waals surface area contributed by atoms with Gasteiger partial charge in [-0.25, -0.2) is 9.59 Å². The summed E-state index contributed by atoms with van der Waals surface area (Å²) in [4.78, 5) is 22.8. The molecule has 0 unspecified atom stereocenters. The third kappa shape index (κ3) is 5.27. The van der Waals surface area contributed by atoms with Crippen LogP contribution in [0, 0.1) is 0 Å². The summed E-state index contributed by atoms with van der Waals surface area (Å²) in [5.41, 5.74) is -0.0112. The molecule has 3 N–H and O–H groups in total. The summed E-state index contributed by atoms with van der Waals surface area (Å²) >= 11 is 0.